The van der Waals surface area contributed by atoms with Crippen LogP contribution in [-0.2, 0) is 4.79 Å². The molecule has 0 amide bonds. The Kier molecular flexibility index (Phi) is 10.4. The minimum Gasteiger partial charge on any atom is -0.481 e. The third-order valence-electron chi connectivity index (χ3n) is 5.77. The van der Waals surface area contributed by atoms with Crippen molar-refractivity contribution in [2.24, 2.45) is 11.8 Å². The van der Waals surface area contributed by atoms with Crippen molar-refractivity contribution in [3.8, 4) is 0 Å². The van der Waals surface area contributed by atoms with Gasteiger partial charge in [0.15, 0.2) is 0 Å². The molecule has 164 valence electrons. The van der Waals surface area contributed by atoms with E-state index in [4.69, 9.17) is 5.11 Å². The molecule has 4 N–H and O–H groups in total. The number of halogens is 1. The number of thioether (sulfide) groups is 1. The van der Waals surface area contributed by atoms with Gasteiger partial charge in [0, 0.05) is 17.1 Å². The number of aliphatic hydroxyl groups excluding tert-OH is 3. The van der Waals surface area contributed by atoms with Gasteiger partial charge in [-0.05, 0) is 62.1 Å². The highest BCUT2D eigenvalue weighted by molar-refractivity contribution is 7.99. The van der Waals surface area contributed by atoms with Crippen LogP contribution in [0.5, 0.6) is 0 Å². The number of unbranched alkanes of at least 4 members (excludes halogenated alkanes) is 3. The first kappa shape index (κ1) is 24.1. The van der Waals surface area contributed by atoms with E-state index in [2.05, 4.69) is 0 Å². The lowest BCUT2D eigenvalue weighted by Gasteiger charge is -2.24. The normalized spacial score (nSPS) is 25.2. The Balaban J connectivity index is 1.71. The van der Waals surface area contributed by atoms with Crippen molar-refractivity contribution in [3.05, 3.63) is 30.1 Å². The van der Waals surface area contributed by atoms with Gasteiger partial charge < -0.3 is 20.4 Å². The summed E-state index contributed by atoms with van der Waals surface area (Å²) in [6, 6.07) is 6.29. The van der Waals surface area contributed by atoms with Crippen LogP contribution in [0.1, 0.15) is 57.8 Å². The van der Waals surface area contributed by atoms with Gasteiger partial charge in [-0.2, -0.15) is 0 Å². The van der Waals surface area contributed by atoms with Crippen molar-refractivity contribution in [3.63, 3.8) is 0 Å². The SMILES string of the molecule is O=C(O)CCCCCC[C@@H]1[C@@H](CC[C@@H](O)CSc2cccc(F)c2)[C@H](O)C[C@@H]1O. The van der Waals surface area contributed by atoms with Crippen LogP contribution in [0.4, 0.5) is 4.39 Å². The van der Waals surface area contributed by atoms with Crippen LogP contribution in [0.25, 0.3) is 0 Å². The summed E-state index contributed by atoms with van der Waals surface area (Å²) in [4.78, 5) is 11.3. The Labute approximate surface area is 176 Å². The maximum absolute atomic E-state index is 13.2. The molecule has 1 fully saturated rings. The quantitative estimate of drug-likeness (QED) is 0.281. The molecule has 0 heterocycles. The minimum absolute atomic E-state index is 0.0209. The van der Waals surface area contributed by atoms with Crippen LogP contribution in [0.3, 0.4) is 0 Å². The molecule has 0 saturated heterocycles. The molecule has 0 aromatic heterocycles. The number of carbonyl (C=O) groups is 1. The smallest absolute Gasteiger partial charge is 0.303 e. The molecule has 1 aromatic rings. The molecular weight excluding hydrogens is 395 g/mol. The van der Waals surface area contributed by atoms with Crippen molar-refractivity contribution in [2.75, 3.05) is 5.75 Å². The number of aliphatic hydroxyl groups is 3. The Morgan fingerprint density at radius 3 is 2.48 bits per heavy atom. The molecule has 0 bridgehead atoms. The summed E-state index contributed by atoms with van der Waals surface area (Å²) < 4.78 is 13.2. The van der Waals surface area contributed by atoms with E-state index in [1.165, 1.54) is 23.9 Å². The summed E-state index contributed by atoms with van der Waals surface area (Å²) in [5.41, 5.74) is 0. The molecule has 7 heteroatoms. The van der Waals surface area contributed by atoms with E-state index in [0.29, 0.717) is 31.4 Å². The lowest BCUT2D eigenvalue weighted by Crippen LogP contribution is -2.24. The van der Waals surface area contributed by atoms with Gasteiger partial charge in [0.2, 0.25) is 0 Å². The fourth-order valence-corrected chi connectivity index (χ4v) is 5.13. The number of aliphatic carboxylic acids is 1. The van der Waals surface area contributed by atoms with Crippen LogP contribution in [0.15, 0.2) is 29.2 Å². The third kappa shape index (κ3) is 8.62. The van der Waals surface area contributed by atoms with E-state index < -0.39 is 24.3 Å². The van der Waals surface area contributed by atoms with E-state index >= 15 is 0 Å². The first-order chi connectivity index (χ1) is 13.9. The lowest BCUT2D eigenvalue weighted by molar-refractivity contribution is -0.137. The Hall–Kier alpha value is -1.15. The third-order valence-corrected chi connectivity index (χ3v) is 6.91. The van der Waals surface area contributed by atoms with Crippen molar-refractivity contribution < 1.29 is 29.6 Å². The predicted octanol–water partition coefficient (Wildman–Crippen LogP) is 3.84. The molecule has 1 aliphatic carbocycles. The molecular formula is C22H33FO5S. The van der Waals surface area contributed by atoms with E-state index in [1.807, 2.05) is 6.07 Å². The number of rotatable bonds is 13. The zero-order chi connectivity index (χ0) is 21.2. The Morgan fingerprint density at radius 1 is 1.10 bits per heavy atom. The van der Waals surface area contributed by atoms with E-state index in [1.54, 1.807) is 6.07 Å². The van der Waals surface area contributed by atoms with Crippen molar-refractivity contribution in [2.45, 2.75) is 81.0 Å². The molecule has 0 unspecified atom stereocenters. The van der Waals surface area contributed by atoms with Gasteiger partial charge in [0.25, 0.3) is 0 Å². The van der Waals surface area contributed by atoms with Gasteiger partial charge in [0.1, 0.15) is 5.82 Å². The van der Waals surface area contributed by atoms with Gasteiger partial charge in [-0.15, -0.1) is 11.8 Å². The molecule has 1 saturated carbocycles. The summed E-state index contributed by atoms with van der Waals surface area (Å²) in [5.74, 6) is -0.611. The molecule has 5 atom stereocenters. The average Bonchev–Trinajstić information content (AvgIpc) is 2.93. The topological polar surface area (TPSA) is 98.0 Å². The Bertz CT molecular complexity index is 629. The molecule has 1 aromatic carbocycles. The molecule has 29 heavy (non-hydrogen) atoms. The first-order valence-electron chi connectivity index (χ1n) is 10.5. The molecule has 5 nitrogen and oxygen atoms in total. The zero-order valence-electron chi connectivity index (χ0n) is 16.8. The Morgan fingerprint density at radius 2 is 1.79 bits per heavy atom. The summed E-state index contributed by atoms with van der Waals surface area (Å²) in [5, 5.41) is 39.6. The van der Waals surface area contributed by atoms with E-state index in [-0.39, 0.29) is 24.1 Å². The number of hydrogen-bond acceptors (Lipinski definition) is 5. The molecule has 1 aliphatic rings. The van der Waals surface area contributed by atoms with Gasteiger partial charge in [0.05, 0.1) is 18.3 Å². The van der Waals surface area contributed by atoms with Crippen molar-refractivity contribution >= 4 is 17.7 Å². The van der Waals surface area contributed by atoms with Gasteiger partial charge in [-0.25, -0.2) is 4.39 Å². The van der Waals surface area contributed by atoms with E-state index in [9.17, 15) is 24.5 Å². The second kappa shape index (κ2) is 12.5. The van der Waals surface area contributed by atoms with Crippen LogP contribution in [0, 0.1) is 17.7 Å². The van der Waals surface area contributed by atoms with Gasteiger partial charge in [-0.1, -0.05) is 25.3 Å². The van der Waals surface area contributed by atoms with Crippen LogP contribution in [0.2, 0.25) is 0 Å². The number of benzene rings is 1. The highest BCUT2D eigenvalue weighted by Crippen LogP contribution is 2.39. The van der Waals surface area contributed by atoms with Crippen molar-refractivity contribution in [1.29, 1.82) is 0 Å². The zero-order valence-corrected chi connectivity index (χ0v) is 17.6. The standard InChI is InChI=1S/C22H33FO5S/c23-15-6-5-7-17(12-15)29-14-16(24)10-11-19-18(20(25)13-21(19)26)8-3-1-2-4-9-22(27)28/h5-7,12,16,18-21,24-26H,1-4,8-11,13-14H2,(H,27,28)/t16-,18-,19-,20+,21-/m1/s1. The lowest BCUT2D eigenvalue weighted by atomic mass is 9.85. The van der Waals surface area contributed by atoms with Crippen LogP contribution in [-0.4, -0.2) is 50.5 Å². The monoisotopic (exact) mass is 428 g/mol. The minimum atomic E-state index is -0.770. The highest BCUT2D eigenvalue weighted by atomic mass is 32.2. The predicted molar refractivity (Wildman–Crippen MR) is 111 cm³/mol. The fraction of sp³-hybridized carbons (Fsp3) is 0.682. The second-order valence-corrected chi connectivity index (χ2v) is 9.14. The molecule has 2 rings (SSSR count). The molecule has 0 spiro atoms. The highest BCUT2D eigenvalue weighted by Gasteiger charge is 2.40. The molecule has 0 aliphatic heterocycles. The maximum Gasteiger partial charge on any atom is 0.303 e. The van der Waals surface area contributed by atoms with Gasteiger partial charge >= 0.3 is 5.97 Å². The van der Waals surface area contributed by atoms with Gasteiger partial charge in [-0.3, -0.25) is 4.79 Å². The number of carboxylic acids is 1. The van der Waals surface area contributed by atoms with Crippen LogP contribution >= 0.6 is 11.8 Å². The summed E-state index contributed by atoms with van der Waals surface area (Å²) in [7, 11) is 0. The largest absolute Gasteiger partial charge is 0.481 e. The van der Waals surface area contributed by atoms with Crippen molar-refractivity contribution in [1.82, 2.24) is 0 Å². The first-order valence-corrected chi connectivity index (χ1v) is 11.5. The number of carboxylic acid groups (broad SMARTS) is 1. The summed E-state index contributed by atoms with van der Waals surface area (Å²) in [6.45, 7) is 0. The fourth-order valence-electron chi connectivity index (χ4n) is 4.21. The van der Waals surface area contributed by atoms with Crippen LogP contribution < -0.4 is 0 Å². The summed E-state index contributed by atoms with van der Waals surface area (Å²) >= 11 is 1.41. The second-order valence-electron chi connectivity index (χ2n) is 8.04. The average molecular weight is 429 g/mol. The number of hydrogen-bond donors (Lipinski definition) is 4. The maximum atomic E-state index is 13.2. The van der Waals surface area contributed by atoms with E-state index in [0.717, 1.165) is 30.6 Å². The molecule has 0 radical (unpaired) electrons. The summed E-state index contributed by atoms with van der Waals surface area (Å²) in [6.07, 6.45) is 4.30.